The van der Waals surface area contributed by atoms with Crippen molar-refractivity contribution >= 4 is 23.3 Å². The Balaban J connectivity index is 1.83. The molecule has 7 nitrogen and oxygen atoms in total. The number of hydrogen-bond acceptors (Lipinski definition) is 4. The molecule has 2 heterocycles. The Bertz CT molecular complexity index is 897. The Morgan fingerprint density at radius 3 is 2.46 bits per heavy atom. The predicted octanol–water partition coefficient (Wildman–Crippen LogP) is 3.06. The smallest absolute Gasteiger partial charge is 0.287 e. The van der Waals surface area contributed by atoms with Gasteiger partial charge in [-0.15, -0.1) is 0 Å². The van der Waals surface area contributed by atoms with E-state index in [0.717, 1.165) is 25.0 Å². The van der Waals surface area contributed by atoms with Gasteiger partial charge in [-0.3, -0.25) is 14.4 Å². The molecular weight excluding hydrogens is 356 g/mol. The first-order chi connectivity index (χ1) is 13.4. The maximum absolute atomic E-state index is 12.8. The Labute approximate surface area is 164 Å². The van der Waals surface area contributed by atoms with Crippen LogP contribution in [-0.4, -0.2) is 33.7 Å². The minimum Gasteiger partial charge on any atom is -0.349 e. The van der Waals surface area contributed by atoms with Crippen LogP contribution in [-0.2, 0) is 13.0 Å². The zero-order valence-corrected chi connectivity index (χ0v) is 16.5. The van der Waals surface area contributed by atoms with Crippen LogP contribution in [0.15, 0.2) is 24.3 Å². The van der Waals surface area contributed by atoms with Crippen LogP contribution in [0.4, 0.5) is 5.69 Å². The molecular formula is C21H26N4O3. The lowest BCUT2D eigenvalue weighted by atomic mass is 10.1. The second-order valence-corrected chi connectivity index (χ2v) is 7.53. The number of benzene rings is 1. The van der Waals surface area contributed by atoms with Crippen molar-refractivity contribution in [3.8, 4) is 0 Å². The molecule has 0 atom stereocenters. The molecule has 148 valence electrons. The summed E-state index contributed by atoms with van der Waals surface area (Å²) in [6.07, 6.45) is 2.64. The van der Waals surface area contributed by atoms with E-state index in [9.17, 15) is 14.4 Å². The highest BCUT2D eigenvalue weighted by atomic mass is 16.2. The van der Waals surface area contributed by atoms with Crippen LogP contribution in [0.25, 0.3) is 0 Å². The molecule has 2 aromatic rings. The number of Topliss-reactive ketones (excluding diaryl/α,β-unsaturated/α-hetero) is 1. The molecule has 3 rings (SSSR count). The van der Waals surface area contributed by atoms with Crippen molar-refractivity contribution in [1.29, 1.82) is 0 Å². The number of hydrogen-bond donors (Lipinski definition) is 2. The number of imidazole rings is 1. The van der Waals surface area contributed by atoms with Crippen molar-refractivity contribution in [2.45, 2.75) is 46.6 Å². The van der Waals surface area contributed by atoms with Gasteiger partial charge < -0.3 is 15.2 Å². The fraction of sp³-hybridized carbons (Fsp3) is 0.429. The van der Waals surface area contributed by atoms with Gasteiger partial charge in [0.1, 0.15) is 0 Å². The molecule has 0 aliphatic carbocycles. The summed E-state index contributed by atoms with van der Waals surface area (Å²) in [6, 6.07) is 6.72. The Morgan fingerprint density at radius 1 is 1.11 bits per heavy atom. The number of rotatable bonds is 6. The Kier molecular flexibility index (Phi) is 5.92. The number of nitrogens with one attached hydrogen (secondary N) is 2. The third-order valence-electron chi connectivity index (χ3n) is 4.76. The largest absolute Gasteiger partial charge is 0.349 e. The molecule has 28 heavy (non-hydrogen) atoms. The second kappa shape index (κ2) is 8.37. The molecule has 0 fully saturated rings. The maximum atomic E-state index is 12.8. The number of amides is 2. The van der Waals surface area contributed by atoms with Crippen molar-refractivity contribution in [1.82, 2.24) is 14.9 Å². The molecule has 1 aromatic heterocycles. The van der Waals surface area contributed by atoms with Gasteiger partial charge in [0, 0.05) is 24.3 Å². The van der Waals surface area contributed by atoms with Crippen molar-refractivity contribution in [3.05, 3.63) is 47.0 Å². The minimum atomic E-state index is -0.343. The summed E-state index contributed by atoms with van der Waals surface area (Å²) >= 11 is 0. The van der Waals surface area contributed by atoms with Gasteiger partial charge in [0.25, 0.3) is 11.8 Å². The molecule has 0 saturated carbocycles. The average molecular weight is 382 g/mol. The van der Waals surface area contributed by atoms with Gasteiger partial charge in [-0.25, -0.2) is 4.98 Å². The normalized spacial score (nSPS) is 13.1. The summed E-state index contributed by atoms with van der Waals surface area (Å²) in [7, 11) is 0. The molecule has 0 unspecified atom stereocenters. The number of fused-ring (bicyclic) bond motifs is 1. The predicted molar refractivity (Wildman–Crippen MR) is 107 cm³/mol. The Hall–Kier alpha value is -2.96. The summed E-state index contributed by atoms with van der Waals surface area (Å²) in [5.74, 6) is 0.0110. The fourth-order valence-corrected chi connectivity index (χ4v) is 3.25. The van der Waals surface area contributed by atoms with Crippen molar-refractivity contribution in [2.24, 2.45) is 5.92 Å². The lowest BCUT2D eigenvalue weighted by Gasteiger charge is -2.17. The number of anilines is 1. The van der Waals surface area contributed by atoms with E-state index >= 15 is 0 Å². The van der Waals surface area contributed by atoms with Crippen LogP contribution in [0.2, 0.25) is 0 Å². The van der Waals surface area contributed by atoms with E-state index in [1.165, 1.54) is 6.92 Å². The summed E-state index contributed by atoms with van der Waals surface area (Å²) < 4.78 is 1.87. The van der Waals surface area contributed by atoms with E-state index in [4.69, 9.17) is 0 Å². The molecule has 0 saturated heterocycles. The number of carbonyl (C=O) groups excluding carboxylic acids is 3. The topological polar surface area (TPSA) is 93.1 Å². The molecule has 2 N–H and O–H groups in total. The molecule has 0 radical (unpaired) electrons. The maximum Gasteiger partial charge on any atom is 0.287 e. The summed E-state index contributed by atoms with van der Waals surface area (Å²) in [5, 5.41) is 5.70. The molecule has 1 aliphatic rings. The van der Waals surface area contributed by atoms with Crippen molar-refractivity contribution < 1.29 is 14.4 Å². The fourth-order valence-electron chi connectivity index (χ4n) is 3.25. The summed E-state index contributed by atoms with van der Waals surface area (Å²) in [4.78, 5) is 41.2. The van der Waals surface area contributed by atoms with Crippen LogP contribution < -0.4 is 10.6 Å². The van der Waals surface area contributed by atoms with Gasteiger partial charge in [-0.1, -0.05) is 13.8 Å². The zero-order valence-electron chi connectivity index (χ0n) is 16.5. The van der Waals surface area contributed by atoms with E-state index in [-0.39, 0.29) is 17.6 Å². The third-order valence-corrected chi connectivity index (χ3v) is 4.76. The third kappa shape index (κ3) is 4.30. The monoisotopic (exact) mass is 382 g/mol. The SMILES string of the molecule is CC(=O)c1ccc(NC(=O)c2nc(C(=O)NCC(C)C)n3c2CCCC3)cc1. The first-order valence-corrected chi connectivity index (χ1v) is 9.66. The lowest BCUT2D eigenvalue weighted by molar-refractivity contribution is 0.0932. The van der Waals surface area contributed by atoms with E-state index in [1.54, 1.807) is 24.3 Å². The highest BCUT2D eigenvalue weighted by Crippen LogP contribution is 2.22. The molecule has 2 amide bonds. The van der Waals surface area contributed by atoms with Crippen LogP contribution in [0.1, 0.15) is 70.8 Å². The standard InChI is InChI=1S/C21H26N4O3/c1-13(2)12-22-21(28)19-24-18(17-6-4-5-11-25(17)19)20(27)23-16-9-7-15(8-10-16)14(3)26/h7-10,13H,4-6,11-12H2,1-3H3,(H,22,28)(H,23,27). The van der Waals surface area contributed by atoms with E-state index in [1.807, 2.05) is 18.4 Å². The highest BCUT2D eigenvalue weighted by molar-refractivity contribution is 6.05. The molecule has 0 bridgehead atoms. The highest BCUT2D eigenvalue weighted by Gasteiger charge is 2.27. The summed E-state index contributed by atoms with van der Waals surface area (Å²) in [6.45, 7) is 6.80. The molecule has 1 aromatic carbocycles. The quantitative estimate of drug-likeness (QED) is 0.751. The van der Waals surface area contributed by atoms with Gasteiger partial charge in [-0.2, -0.15) is 0 Å². The molecule has 0 spiro atoms. The van der Waals surface area contributed by atoms with E-state index in [2.05, 4.69) is 15.6 Å². The van der Waals surface area contributed by atoms with Gasteiger partial charge in [0.15, 0.2) is 17.3 Å². The van der Waals surface area contributed by atoms with E-state index in [0.29, 0.717) is 41.8 Å². The van der Waals surface area contributed by atoms with Crippen LogP contribution in [0.3, 0.4) is 0 Å². The first kappa shape index (κ1) is 19.8. The first-order valence-electron chi connectivity index (χ1n) is 9.66. The van der Waals surface area contributed by atoms with Gasteiger partial charge in [-0.05, 0) is 56.4 Å². The van der Waals surface area contributed by atoms with Gasteiger partial charge in [0.2, 0.25) is 0 Å². The van der Waals surface area contributed by atoms with Crippen LogP contribution in [0, 0.1) is 5.92 Å². The van der Waals surface area contributed by atoms with Crippen molar-refractivity contribution in [3.63, 3.8) is 0 Å². The lowest BCUT2D eigenvalue weighted by Crippen LogP contribution is -2.30. The Morgan fingerprint density at radius 2 is 1.82 bits per heavy atom. The van der Waals surface area contributed by atoms with E-state index < -0.39 is 0 Å². The number of ketones is 1. The minimum absolute atomic E-state index is 0.0295. The van der Waals surface area contributed by atoms with Crippen molar-refractivity contribution in [2.75, 3.05) is 11.9 Å². The van der Waals surface area contributed by atoms with Crippen LogP contribution in [0.5, 0.6) is 0 Å². The number of aromatic nitrogens is 2. The van der Waals surface area contributed by atoms with Gasteiger partial charge >= 0.3 is 0 Å². The molecule has 7 heteroatoms. The molecule has 1 aliphatic heterocycles. The number of carbonyl (C=O) groups is 3. The summed E-state index contributed by atoms with van der Waals surface area (Å²) in [5.41, 5.74) is 2.27. The number of nitrogens with zero attached hydrogens (tertiary/aromatic N) is 2. The average Bonchev–Trinajstić information content (AvgIpc) is 3.06. The van der Waals surface area contributed by atoms with Gasteiger partial charge in [0.05, 0.1) is 5.69 Å². The van der Waals surface area contributed by atoms with Crippen LogP contribution >= 0.6 is 0 Å². The zero-order chi connectivity index (χ0) is 20.3. The second-order valence-electron chi connectivity index (χ2n) is 7.53.